The lowest BCUT2D eigenvalue weighted by Crippen LogP contribution is -2.39. The van der Waals surface area contributed by atoms with Crippen molar-refractivity contribution in [2.75, 3.05) is 10.6 Å². The van der Waals surface area contributed by atoms with E-state index in [1.54, 1.807) is 13.0 Å². The van der Waals surface area contributed by atoms with Gasteiger partial charge in [0.25, 0.3) is 0 Å². The summed E-state index contributed by atoms with van der Waals surface area (Å²) in [5.41, 5.74) is 12.7. The van der Waals surface area contributed by atoms with Crippen molar-refractivity contribution in [3.05, 3.63) is 52.5 Å². The molecule has 174 valence electrons. The van der Waals surface area contributed by atoms with Crippen LogP contribution in [0.5, 0.6) is 0 Å². The first-order valence-corrected chi connectivity index (χ1v) is 11.5. The molecule has 1 fully saturated rings. The van der Waals surface area contributed by atoms with Gasteiger partial charge in [-0.25, -0.2) is 9.37 Å². The maximum Gasteiger partial charge on any atom is 0.244 e. The Morgan fingerprint density at radius 2 is 2.00 bits per heavy atom. The Labute approximate surface area is 193 Å². The molecule has 0 bridgehead atoms. The molecule has 3 aromatic rings. The van der Waals surface area contributed by atoms with Crippen LogP contribution in [0.15, 0.2) is 34.9 Å². The summed E-state index contributed by atoms with van der Waals surface area (Å²) in [6.07, 6.45) is 4.71. The lowest BCUT2D eigenvalue weighted by Gasteiger charge is -2.26. The van der Waals surface area contributed by atoms with Crippen LogP contribution in [0.3, 0.4) is 0 Å². The van der Waals surface area contributed by atoms with E-state index in [0.29, 0.717) is 24.0 Å². The van der Waals surface area contributed by atoms with Crippen LogP contribution in [-0.2, 0) is 11.3 Å². The zero-order valence-corrected chi connectivity index (χ0v) is 18.9. The molecule has 1 amide bonds. The normalized spacial score (nSPS) is 15.0. The highest BCUT2D eigenvalue weighted by Gasteiger charge is 2.28. The van der Waals surface area contributed by atoms with Crippen molar-refractivity contribution in [3.8, 4) is 0 Å². The molecule has 1 saturated carbocycles. The van der Waals surface area contributed by atoms with Gasteiger partial charge in [0.05, 0.1) is 5.69 Å². The van der Waals surface area contributed by atoms with E-state index in [2.05, 4.69) is 15.5 Å². The predicted molar refractivity (Wildman–Crippen MR) is 123 cm³/mol. The Morgan fingerprint density at radius 1 is 1.30 bits per heavy atom. The number of carbonyl (C=O) groups excluding carboxylic acids is 2. The number of nitrogens with zero attached hydrogens (tertiary/aromatic N) is 3. The summed E-state index contributed by atoms with van der Waals surface area (Å²) in [6.45, 7) is 2.10. The third-order valence-electron chi connectivity index (χ3n) is 5.67. The zero-order chi connectivity index (χ0) is 23.5. The SMILES string of the molecule is C[C@H](C(N)=O)N(c1ccc(F)cc1)c1nc(N)c(C(=O)c2cc(CNC3CCCC3)no2)s1. The number of ketones is 1. The number of halogens is 1. The van der Waals surface area contributed by atoms with Crippen LogP contribution in [0.2, 0.25) is 0 Å². The molecule has 0 saturated heterocycles. The van der Waals surface area contributed by atoms with E-state index < -0.39 is 23.5 Å². The largest absolute Gasteiger partial charge is 0.382 e. The van der Waals surface area contributed by atoms with Gasteiger partial charge in [0, 0.05) is 24.3 Å². The highest BCUT2D eigenvalue weighted by molar-refractivity contribution is 7.18. The number of rotatable bonds is 9. The quantitative estimate of drug-likeness (QED) is 0.404. The number of hydrogen-bond donors (Lipinski definition) is 3. The number of amides is 1. The average Bonchev–Trinajstić information content (AvgIpc) is 3.54. The Bertz CT molecular complexity index is 1140. The van der Waals surface area contributed by atoms with E-state index in [9.17, 15) is 14.0 Å². The van der Waals surface area contributed by atoms with Crippen LogP contribution in [0, 0.1) is 5.82 Å². The Morgan fingerprint density at radius 3 is 2.67 bits per heavy atom. The van der Waals surface area contributed by atoms with E-state index in [1.165, 1.54) is 42.0 Å². The van der Waals surface area contributed by atoms with Gasteiger partial charge in [-0.2, -0.15) is 0 Å². The molecule has 2 heterocycles. The van der Waals surface area contributed by atoms with Gasteiger partial charge in [0.1, 0.15) is 22.6 Å². The highest BCUT2D eigenvalue weighted by Crippen LogP contribution is 2.36. The monoisotopic (exact) mass is 472 g/mol. The minimum Gasteiger partial charge on any atom is -0.382 e. The van der Waals surface area contributed by atoms with Crippen molar-refractivity contribution in [2.24, 2.45) is 5.73 Å². The predicted octanol–water partition coefficient (Wildman–Crippen LogP) is 3.13. The number of anilines is 3. The van der Waals surface area contributed by atoms with Crippen molar-refractivity contribution >= 4 is 39.7 Å². The fourth-order valence-corrected chi connectivity index (χ4v) is 4.84. The van der Waals surface area contributed by atoms with Crippen LogP contribution < -0.4 is 21.7 Å². The van der Waals surface area contributed by atoms with Gasteiger partial charge in [0.2, 0.25) is 17.5 Å². The lowest BCUT2D eigenvalue weighted by atomic mass is 10.2. The fourth-order valence-electron chi connectivity index (χ4n) is 3.81. The molecule has 0 radical (unpaired) electrons. The van der Waals surface area contributed by atoms with Gasteiger partial charge in [-0.15, -0.1) is 0 Å². The molecular formula is C22H25FN6O3S. The van der Waals surface area contributed by atoms with E-state index in [-0.39, 0.29) is 21.6 Å². The number of hydrogen-bond acceptors (Lipinski definition) is 9. The van der Waals surface area contributed by atoms with Crippen molar-refractivity contribution in [1.29, 1.82) is 0 Å². The van der Waals surface area contributed by atoms with Crippen molar-refractivity contribution < 1.29 is 18.5 Å². The fraction of sp³-hybridized carbons (Fsp3) is 0.364. The van der Waals surface area contributed by atoms with Crippen LogP contribution in [-0.4, -0.2) is 33.9 Å². The smallest absolute Gasteiger partial charge is 0.244 e. The summed E-state index contributed by atoms with van der Waals surface area (Å²) < 4.78 is 18.7. The molecule has 2 aromatic heterocycles. The Balaban J connectivity index is 1.56. The number of aromatic nitrogens is 2. The highest BCUT2D eigenvalue weighted by atomic mass is 32.1. The van der Waals surface area contributed by atoms with E-state index in [4.69, 9.17) is 16.0 Å². The molecule has 1 aromatic carbocycles. The molecule has 1 aliphatic carbocycles. The first-order chi connectivity index (χ1) is 15.8. The second-order valence-electron chi connectivity index (χ2n) is 8.01. The molecule has 0 spiro atoms. The lowest BCUT2D eigenvalue weighted by molar-refractivity contribution is -0.118. The number of thiazole rings is 1. The number of nitrogens with one attached hydrogen (secondary N) is 1. The van der Waals surface area contributed by atoms with Gasteiger partial charge in [-0.05, 0) is 44.0 Å². The molecule has 0 unspecified atom stereocenters. The molecule has 9 nitrogen and oxygen atoms in total. The van der Waals surface area contributed by atoms with Gasteiger partial charge in [0.15, 0.2) is 5.13 Å². The van der Waals surface area contributed by atoms with Gasteiger partial charge >= 0.3 is 0 Å². The van der Waals surface area contributed by atoms with Crippen molar-refractivity contribution in [1.82, 2.24) is 15.5 Å². The van der Waals surface area contributed by atoms with Crippen LogP contribution >= 0.6 is 11.3 Å². The summed E-state index contributed by atoms with van der Waals surface area (Å²) in [5.74, 6) is -1.46. The molecule has 33 heavy (non-hydrogen) atoms. The average molecular weight is 473 g/mol. The maximum atomic E-state index is 13.4. The standard InChI is InChI=1S/C22H25FN6O3S/c1-12(21(25)31)29(16-8-6-13(23)7-9-16)22-27-20(24)19(33-22)18(30)17-10-15(28-32-17)11-26-14-4-2-3-5-14/h6-10,12,14,26H,2-5,11,24H2,1H3,(H2,25,31)/t12-/m1/s1. The molecule has 11 heteroatoms. The molecular weight excluding hydrogens is 447 g/mol. The minimum absolute atomic E-state index is 0.00851. The second kappa shape index (κ2) is 9.67. The Kier molecular flexibility index (Phi) is 6.70. The molecule has 0 aliphatic heterocycles. The number of nitrogen functional groups attached to an aromatic ring is 1. The summed E-state index contributed by atoms with van der Waals surface area (Å²) in [6, 6.07) is 6.74. The third kappa shape index (κ3) is 5.04. The molecule has 1 atom stereocenters. The van der Waals surface area contributed by atoms with Gasteiger partial charge in [-0.1, -0.05) is 29.3 Å². The molecule has 1 aliphatic rings. The summed E-state index contributed by atoms with van der Waals surface area (Å²) in [5, 5.41) is 7.68. The summed E-state index contributed by atoms with van der Waals surface area (Å²) >= 11 is 0.994. The zero-order valence-electron chi connectivity index (χ0n) is 18.1. The van der Waals surface area contributed by atoms with Gasteiger partial charge in [-0.3, -0.25) is 9.59 Å². The van der Waals surface area contributed by atoms with E-state index in [1.807, 2.05) is 0 Å². The minimum atomic E-state index is -0.817. The van der Waals surface area contributed by atoms with E-state index >= 15 is 0 Å². The van der Waals surface area contributed by atoms with E-state index in [0.717, 1.165) is 24.2 Å². The summed E-state index contributed by atoms with van der Waals surface area (Å²) in [4.78, 5) is 30.9. The molecule has 5 N–H and O–H groups in total. The topological polar surface area (TPSA) is 140 Å². The van der Waals surface area contributed by atoms with Crippen LogP contribution in [0.4, 0.5) is 21.0 Å². The van der Waals surface area contributed by atoms with Crippen LogP contribution in [0.1, 0.15) is 53.7 Å². The third-order valence-corrected chi connectivity index (χ3v) is 6.74. The molecule has 4 rings (SSSR count). The number of primary amides is 1. The van der Waals surface area contributed by atoms with Crippen LogP contribution in [0.25, 0.3) is 0 Å². The van der Waals surface area contributed by atoms with Gasteiger partial charge < -0.3 is 26.2 Å². The van der Waals surface area contributed by atoms with Crippen molar-refractivity contribution in [2.45, 2.75) is 51.2 Å². The first-order valence-electron chi connectivity index (χ1n) is 10.7. The number of benzene rings is 1. The maximum absolute atomic E-state index is 13.4. The Hall–Kier alpha value is -3.31. The second-order valence-corrected chi connectivity index (χ2v) is 8.99. The first kappa shape index (κ1) is 22.9. The number of nitrogens with two attached hydrogens (primary N) is 2. The van der Waals surface area contributed by atoms with Crippen molar-refractivity contribution in [3.63, 3.8) is 0 Å². The number of carbonyl (C=O) groups is 2. The summed E-state index contributed by atoms with van der Waals surface area (Å²) in [7, 11) is 0.